The first kappa shape index (κ1) is 15.8. The second kappa shape index (κ2) is 8.00. The second-order valence-electron chi connectivity index (χ2n) is 5.19. The summed E-state index contributed by atoms with van der Waals surface area (Å²) in [5.74, 6) is 2.18. The van der Waals surface area contributed by atoms with Gasteiger partial charge in [0, 0.05) is 23.7 Å². The molecule has 0 saturated carbocycles. The van der Waals surface area contributed by atoms with Crippen LogP contribution in [-0.4, -0.2) is 18.6 Å². The highest BCUT2D eigenvalue weighted by Crippen LogP contribution is 2.31. The normalized spacial score (nSPS) is 10.9. The minimum Gasteiger partial charge on any atom is -0.493 e. The summed E-state index contributed by atoms with van der Waals surface area (Å²) in [4.78, 5) is 4.24. The van der Waals surface area contributed by atoms with Gasteiger partial charge in [0.05, 0.1) is 7.11 Å². The summed E-state index contributed by atoms with van der Waals surface area (Å²) in [6.07, 6.45) is 1.79. The fourth-order valence-corrected chi connectivity index (χ4v) is 2.51. The van der Waals surface area contributed by atoms with E-state index < -0.39 is 0 Å². The predicted octanol–water partition coefficient (Wildman–Crippen LogP) is 3.48. The van der Waals surface area contributed by atoms with Gasteiger partial charge in [0.15, 0.2) is 11.5 Å². The van der Waals surface area contributed by atoms with Crippen LogP contribution >= 0.6 is 11.3 Å². The highest BCUT2D eigenvalue weighted by molar-refractivity contribution is 7.09. The van der Waals surface area contributed by atoms with Gasteiger partial charge in [0.1, 0.15) is 11.6 Å². The van der Waals surface area contributed by atoms with E-state index in [0.717, 1.165) is 35.2 Å². The van der Waals surface area contributed by atoms with Crippen molar-refractivity contribution >= 4 is 11.3 Å². The van der Waals surface area contributed by atoms with E-state index in [1.165, 1.54) is 0 Å². The molecule has 0 amide bonds. The summed E-state index contributed by atoms with van der Waals surface area (Å²) in [5, 5.41) is 6.35. The average molecular weight is 306 g/mol. The van der Waals surface area contributed by atoms with Gasteiger partial charge >= 0.3 is 0 Å². The molecule has 1 N–H and O–H groups in total. The lowest BCUT2D eigenvalue weighted by molar-refractivity contribution is 0.280. The van der Waals surface area contributed by atoms with E-state index in [-0.39, 0.29) is 0 Å². The molecule has 114 valence electrons. The molecule has 0 bridgehead atoms. The van der Waals surface area contributed by atoms with Crippen molar-refractivity contribution in [3.05, 3.63) is 40.3 Å². The molecule has 0 aliphatic rings. The first-order valence-corrected chi connectivity index (χ1v) is 7.96. The smallest absolute Gasteiger partial charge is 0.166 e. The molecule has 0 unspecified atom stereocenters. The molecule has 0 atom stereocenters. The number of nitrogens with zero attached hydrogens (tertiary/aromatic N) is 1. The van der Waals surface area contributed by atoms with Crippen molar-refractivity contribution in [1.82, 2.24) is 10.3 Å². The van der Waals surface area contributed by atoms with E-state index in [1.807, 2.05) is 17.5 Å². The fraction of sp³-hybridized carbons (Fsp3) is 0.438. The van der Waals surface area contributed by atoms with Crippen LogP contribution in [0.3, 0.4) is 0 Å². The highest BCUT2D eigenvalue weighted by atomic mass is 32.1. The Bertz CT molecular complexity index is 541. The van der Waals surface area contributed by atoms with Crippen molar-refractivity contribution in [2.75, 3.05) is 13.7 Å². The minimum absolute atomic E-state index is 0.467. The number of methoxy groups -OCH3 is 1. The van der Waals surface area contributed by atoms with Gasteiger partial charge in [-0.2, -0.15) is 0 Å². The Morgan fingerprint density at radius 2 is 2.19 bits per heavy atom. The Labute approximate surface area is 130 Å². The largest absolute Gasteiger partial charge is 0.493 e. The highest BCUT2D eigenvalue weighted by Gasteiger charge is 2.11. The van der Waals surface area contributed by atoms with Gasteiger partial charge < -0.3 is 14.8 Å². The van der Waals surface area contributed by atoms with E-state index in [2.05, 4.69) is 30.2 Å². The van der Waals surface area contributed by atoms with Gasteiger partial charge in [-0.05, 0) is 18.5 Å². The van der Waals surface area contributed by atoms with Crippen LogP contribution in [0, 0.1) is 5.92 Å². The molecule has 5 heteroatoms. The molecule has 0 radical (unpaired) electrons. The third-order valence-corrected chi connectivity index (χ3v) is 3.72. The van der Waals surface area contributed by atoms with Gasteiger partial charge in [0.25, 0.3) is 0 Å². The quantitative estimate of drug-likeness (QED) is 0.811. The van der Waals surface area contributed by atoms with Crippen LogP contribution < -0.4 is 14.8 Å². The molecule has 1 aromatic heterocycles. The zero-order valence-corrected chi connectivity index (χ0v) is 13.6. The molecular formula is C16H22N2O2S. The van der Waals surface area contributed by atoms with Crippen LogP contribution in [-0.2, 0) is 13.2 Å². The molecule has 0 fully saturated rings. The first-order valence-electron chi connectivity index (χ1n) is 7.08. The Balaban J connectivity index is 2.07. The summed E-state index contributed by atoms with van der Waals surface area (Å²) >= 11 is 1.59. The predicted molar refractivity (Wildman–Crippen MR) is 86.0 cm³/mol. The summed E-state index contributed by atoms with van der Waals surface area (Å²) in [5.41, 5.74) is 1.10. The Morgan fingerprint density at radius 3 is 2.86 bits per heavy atom. The monoisotopic (exact) mass is 306 g/mol. The zero-order valence-electron chi connectivity index (χ0n) is 12.8. The third kappa shape index (κ3) is 4.72. The fourth-order valence-electron chi connectivity index (χ4n) is 1.98. The van der Waals surface area contributed by atoms with E-state index in [4.69, 9.17) is 9.47 Å². The van der Waals surface area contributed by atoms with Crippen molar-refractivity contribution in [3.8, 4) is 11.5 Å². The van der Waals surface area contributed by atoms with Crippen molar-refractivity contribution < 1.29 is 9.47 Å². The molecule has 2 aromatic rings. The molecule has 0 spiro atoms. The lowest BCUT2D eigenvalue weighted by atomic mass is 10.1. The molecule has 1 heterocycles. The second-order valence-corrected chi connectivity index (χ2v) is 6.17. The molecule has 21 heavy (non-hydrogen) atoms. The number of ether oxygens (including phenoxy) is 2. The number of thiazole rings is 1. The number of hydrogen-bond donors (Lipinski definition) is 1. The van der Waals surface area contributed by atoms with Gasteiger partial charge in [-0.3, -0.25) is 0 Å². The van der Waals surface area contributed by atoms with Crippen LogP contribution in [0.15, 0.2) is 29.8 Å². The molecule has 0 aliphatic heterocycles. The van der Waals surface area contributed by atoms with Crippen LogP contribution in [0.4, 0.5) is 0 Å². The Hall–Kier alpha value is -1.59. The summed E-state index contributed by atoms with van der Waals surface area (Å²) < 4.78 is 11.4. The van der Waals surface area contributed by atoms with Gasteiger partial charge in [0.2, 0.25) is 0 Å². The minimum atomic E-state index is 0.467. The number of hydrogen-bond acceptors (Lipinski definition) is 5. The van der Waals surface area contributed by atoms with Crippen molar-refractivity contribution in [2.45, 2.75) is 27.0 Å². The van der Waals surface area contributed by atoms with E-state index in [0.29, 0.717) is 12.5 Å². The van der Waals surface area contributed by atoms with Gasteiger partial charge in [-0.25, -0.2) is 4.98 Å². The molecule has 1 aromatic carbocycles. The summed E-state index contributed by atoms with van der Waals surface area (Å²) in [6.45, 7) is 6.60. The van der Waals surface area contributed by atoms with Crippen LogP contribution in [0.2, 0.25) is 0 Å². The topological polar surface area (TPSA) is 43.4 Å². The van der Waals surface area contributed by atoms with Crippen molar-refractivity contribution in [3.63, 3.8) is 0 Å². The van der Waals surface area contributed by atoms with Gasteiger partial charge in [-0.15, -0.1) is 11.3 Å². The lowest BCUT2D eigenvalue weighted by Gasteiger charge is -2.15. The van der Waals surface area contributed by atoms with E-state index >= 15 is 0 Å². The van der Waals surface area contributed by atoms with Crippen LogP contribution in [0.5, 0.6) is 11.5 Å². The molecular weight excluding hydrogens is 284 g/mol. The lowest BCUT2D eigenvalue weighted by Crippen LogP contribution is -2.19. The van der Waals surface area contributed by atoms with E-state index in [9.17, 15) is 0 Å². The van der Waals surface area contributed by atoms with Crippen LogP contribution in [0.1, 0.15) is 24.4 Å². The van der Waals surface area contributed by atoms with Crippen molar-refractivity contribution in [1.29, 1.82) is 0 Å². The van der Waals surface area contributed by atoms with Crippen LogP contribution in [0.25, 0.3) is 0 Å². The Morgan fingerprint density at radius 1 is 1.33 bits per heavy atom. The number of aromatic nitrogens is 1. The van der Waals surface area contributed by atoms with E-state index in [1.54, 1.807) is 24.6 Å². The number of nitrogens with one attached hydrogen (secondary N) is 1. The maximum absolute atomic E-state index is 5.94. The molecule has 0 saturated heterocycles. The number of para-hydroxylation sites is 1. The third-order valence-electron chi connectivity index (χ3n) is 2.97. The first-order chi connectivity index (χ1) is 10.2. The molecule has 4 nitrogen and oxygen atoms in total. The van der Waals surface area contributed by atoms with Crippen molar-refractivity contribution in [2.24, 2.45) is 5.92 Å². The maximum Gasteiger partial charge on any atom is 0.166 e. The summed E-state index contributed by atoms with van der Waals surface area (Å²) in [7, 11) is 1.66. The number of rotatable bonds is 8. The standard InChI is InChI=1S/C16H22N2O2S/c1-12(2)9-17-10-13-5-4-6-14(19-3)16(13)20-11-15-18-7-8-21-15/h4-8,12,17H,9-11H2,1-3H3. The average Bonchev–Trinajstić information content (AvgIpc) is 2.98. The maximum atomic E-state index is 5.94. The SMILES string of the molecule is COc1cccc(CNCC(C)C)c1OCc1nccs1. The van der Waals surface area contributed by atoms with Gasteiger partial charge in [-0.1, -0.05) is 26.0 Å². The Kier molecular flexibility index (Phi) is 6.02. The number of benzene rings is 1. The molecule has 2 rings (SSSR count). The zero-order chi connectivity index (χ0) is 15.1. The molecule has 0 aliphatic carbocycles. The summed E-state index contributed by atoms with van der Waals surface area (Å²) in [6, 6.07) is 5.97.